The number of halogens is 2. The molecule has 0 radical (unpaired) electrons. The number of nitrogen functional groups attached to an aromatic ring is 2. The Morgan fingerprint density at radius 2 is 1.43 bits per heavy atom. The molecule has 0 spiro atoms. The van der Waals surface area contributed by atoms with Gasteiger partial charge in [-0.05, 0) is 66.5 Å². The number of amides is 1. The number of rotatable bonds is 12. The van der Waals surface area contributed by atoms with Crippen LogP contribution in [0.15, 0.2) is 97.1 Å². The lowest BCUT2D eigenvalue weighted by Gasteiger charge is -2.36. The van der Waals surface area contributed by atoms with E-state index in [0.29, 0.717) is 24.0 Å². The zero-order valence-electron chi connectivity index (χ0n) is 25.4. The van der Waals surface area contributed by atoms with Crippen LogP contribution in [-0.2, 0) is 19.4 Å². The summed E-state index contributed by atoms with van der Waals surface area (Å²) in [7, 11) is 0. The van der Waals surface area contributed by atoms with Crippen LogP contribution in [0.3, 0.4) is 0 Å². The maximum Gasteiger partial charge on any atom is 0.408 e. The number of carboxylic acid groups (broad SMARTS) is 1. The molecule has 8 N–H and O–H groups in total. The van der Waals surface area contributed by atoms with Crippen molar-refractivity contribution >= 4 is 53.6 Å². The zero-order chi connectivity index (χ0) is 31.2. The van der Waals surface area contributed by atoms with Gasteiger partial charge in [0.25, 0.3) is 0 Å². The first kappa shape index (κ1) is 35.6. The fourth-order valence-electron chi connectivity index (χ4n) is 5.80. The van der Waals surface area contributed by atoms with Gasteiger partial charge < -0.3 is 21.6 Å². The first-order valence-electron chi connectivity index (χ1n) is 14.5. The van der Waals surface area contributed by atoms with E-state index in [-0.39, 0.29) is 48.9 Å². The van der Waals surface area contributed by atoms with Crippen molar-refractivity contribution in [3.63, 3.8) is 0 Å². The van der Waals surface area contributed by atoms with Gasteiger partial charge in [-0.15, -0.1) is 24.8 Å². The zero-order valence-corrected chi connectivity index (χ0v) is 27.1. The summed E-state index contributed by atoms with van der Waals surface area (Å²) in [6, 6.07) is 30.4. The number of nitrogens with two attached hydrogens (primary N) is 2. The number of hydrogen-bond donors (Lipinski definition) is 6. The Morgan fingerprint density at radius 3 is 2.00 bits per heavy atom. The van der Waals surface area contributed by atoms with Crippen LogP contribution in [0.5, 0.6) is 0 Å². The molecule has 5 aromatic rings. The van der Waals surface area contributed by atoms with E-state index >= 15 is 0 Å². The monoisotopic (exact) mass is 659 g/mol. The summed E-state index contributed by atoms with van der Waals surface area (Å²) in [5, 5.41) is 26.2. The van der Waals surface area contributed by atoms with Gasteiger partial charge in [0.15, 0.2) is 0 Å². The van der Waals surface area contributed by atoms with Crippen LogP contribution >= 0.6 is 24.8 Å². The lowest BCUT2D eigenvalue weighted by atomic mass is 9.82. The second-order valence-electron chi connectivity index (χ2n) is 11.2. The summed E-state index contributed by atoms with van der Waals surface area (Å²) in [6.07, 6.45) is 1.08. The summed E-state index contributed by atoms with van der Waals surface area (Å²) >= 11 is 0. The number of imidazole rings is 1. The smallest absolute Gasteiger partial charge is 0.408 e. The highest BCUT2D eigenvalue weighted by molar-refractivity contribution is 5.95. The van der Waals surface area contributed by atoms with Crippen LogP contribution < -0.4 is 11.5 Å². The number of amidine groups is 2. The average Bonchev–Trinajstić information content (AvgIpc) is 3.39. The third kappa shape index (κ3) is 8.65. The molecule has 2 unspecified atom stereocenters. The highest BCUT2D eigenvalue weighted by atomic mass is 35.5. The molecule has 1 heterocycles. The minimum absolute atomic E-state index is 0. The van der Waals surface area contributed by atoms with Crippen LogP contribution in [-0.4, -0.2) is 37.7 Å². The number of carbonyl (C=O) groups is 1. The van der Waals surface area contributed by atoms with Crippen molar-refractivity contribution in [1.29, 1.82) is 10.8 Å². The number of H-pyrrole nitrogens is 1. The molecule has 1 amide bonds. The van der Waals surface area contributed by atoms with Gasteiger partial charge in [0.2, 0.25) is 0 Å². The average molecular weight is 661 g/mol. The van der Waals surface area contributed by atoms with Crippen molar-refractivity contribution in [2.45, 2.75) is 38.8 Å². The third-order valence-electron chi connectivity index (χ3n) is 8.02. The molecule has 0 saturated heterocycles. The van der Waals surface area contributed by atoms with Crippen LogP contribution in [0.4, 0.5) is 4.79 Å². The number of hydrogen-bond acceptors (Lipinski definition) is 4. The van der Waals surface area contributed by atoms with Crippen molar-refractivity contribution in [3.8, 4) is 0 Å². The van der Waals surface area contributed by atoms with Gasteiger partial charge in [0, 0.05) is 17.7 Å². The Balaban J connectivity index is 0.00000288. The number of aryl methyl sites for hydroxylation is 2. The Morgan fingerprint density at radius 1 is 0.848 bits per heavy atom. The van der Waals surface area contributed by atoms with E-state index in [9.17, 15) is 9.90 Å². The summed E-state index contributed by atoms with van der Waals surface area (Å²) in [6.45, 7) is 2.06. The molecule has 240 valence electrons. The Hall–Kier alpha value is -4.86. The molecule has 1 aromatic heterocycles. The third-order valence-corrected chi connectivity index (χ3v) is 8.02. The minimum Gasteiger partial charge on any atom is -0.465 e. The van der Waals surface area contributed by atoms with E-state index in [0.717, 1.165) is 45.5 Å². The molecule has 0 aliphatic heterocycles. The van der Waals surface area contributed by atoms with Gasteiger partial charge in [-0.25, -0.2) is 9.78 Å². The van der Waals surface area contributed by atoms with Crippen molar-refractivity contribution in [3.05, 3.63) is 136 Å². The molecule has 2 atom stereocenters. The Bertz CT molecular complexity index is 1780. The van der Waals surface area contributed by atoms with Crippen LogP contribution in [0.2, 0.25) is 0 Å². The number of nitrogens with zero attached hydrogens (tertiary/aromatic N) is 2. The fraction of sp³-hybridized carbons (Fsp3) is 0.200. The lowest BCUT2D eigenvalue weighted by Crippen LogP contribution is -2.38. The molecular weight excluding hydrogens is 621 g/mol. The van der Waals surface area contributed by atoms with Gasteiger partial charge in [-0.3, -0.25) is 15.7 Å². The van der Waals surface area contributed by atoms with E-state index in [4.69, 9.17) is 22.3 Å². The fourth-order valence-corrected chi connectivity index (χ4v) is 5.80. The predicted octanol–water partition coefficient (Wildman–Crippen LogP) is 7.00. The van der Waals surface area contributed by atoms with E-state index in [1.807, 2.05) is 79.7 Å². The highest BCUT2D eigenvalue weighted by Gasteiger charge is 2.33. The molecule has 0 aliphatic rings. The number of nitrogens with one attached hydrogen (secondary N) is 3. The quantitative estimate of drug-likeness (QED) is 0.0625. The van der Waals surface area contributed by atoms with Crippen molar-refractivity contribution < 1.29 is 9.90 Å². The van der Waals surface area contributed by atoms with Gasteiger partial charge >= 0.3 is 6.09 Å². The van der Waals surface area contributed by atoms with E-state index in [1.165, 1.54) is 4.90 Å². The summed E-state index contributed by atoms with van der Waals surface area (Å²) in [4.78, 5) is 22.6. The highest BCUT2D eigenvalue weighted by Crippen LogP contribution is 2.37. The van der Waals surface area contributed by atoms with Crippen LogP contribution in [0.25, 0.3) is 11.0 Å². The van der Waals surface area contributed by atoms with E-state index in [2.05, 4.69) is 22.1 Å². The van der Waals surface area contributed by atoms with Crippen LogP contribution in [0, 0.1) is 23.7 Å². The van der Waals surface area contributed by atoms with Crippen molar-refractivity contribution in [1.82, 2.24) is 14.9 Å². The maximum absolute atomic E-state index is 13.1. The van der Waals surface area contributed by atoms with Gasteiger partial charge in [0.05, 0.1) is 17.1 Å². The Labute approximate surface area is 280 Å². The maximum atomic E-state index is 13.1. The topological polar surface area (TPSA) is 169 Å². The number of aromatic amines is 1. The summed E-state index contributed by atoms with van der Waals surface area (Å²) < 4.78 is 0. The number of fused-ring (bicyclic) bond motifs is 1. The van der Waals surface area contributed by atoms with E-state index in [1.54, 1.807) is 12.1 Å². The van der Waals surface area contributed by atoms with E-state index < -0.39 is 12.1 Å². The van der Waals surface area contributed by atoms with Gasteiger partial charge in [-0.2, -0.15) is 0 Å². The molecule has 46 heavy (non-hydrogen) atoms. The molecule has 11 heteroatoms. The summed E-state index contributed by atoms with van der Waals surface area (Å²) in [5.74, 6) is 0.696. The van der Waals surface area contributed by atoms with Gasteiger partial charge in [0.1, 0.15) is 17.5 Å². The molecule has 0 saturated carbocycles. The number of benzene rings is 4. The first-order chi connectivity index (χ1) is 21.2. The SMILES string of the molecule is Cc1nc2cc(C(C(CCc3ccc(C(=N)N)cc3)Cc3ccccc3)N(Cc3ccc(C(=N)N)cc3)C(=O)O)ccc2[nH]1.Cl.Cl. The Kier molecular flexibility index (Phi) is 12.3. The largest absolute Gasteiger partial charge is 0.465 e. The predicted molar refractivity (Wildman–Crippen MR) is 189 cm³/mol. The molecule has 0 fully saturated rings. The van der Waals surface area contributed by atoms with Gasteiger partial charge in [-0.1, -0.05) is 84.9 Å². The summed E-state index contributed by atoms with van der Waals surface area (Å²) in [5.41, 5.74) is 18.2. The molecular formula is C35H39Cl2N7O2. The molecule has 0 aliphatic carbocycles. The standard InChI is InChI=1S/C35H37N7O2.2ClH/c1-22-40-30-18-17-29(20-31(30)41-22)32(42(35(43)44)21-25-10-14-27(15-11-25)34(38)39)28(19-24-5-3-2-4-6-24)16-9-23-7-12-26(13-8-23)33(36)37;;/h2-8,10-15,17-18,20,28,32H,9,16,19,21H2,1H3,(H3,36,37)(H3,38,39)(H,40,41)(H,43,44);2*1H. The lowest BCUT2D eigenvalue weighted by molar-refractivity contribution is 0.0961. The van der Waals surface area contributed by atoms with Crippen LogP contribution in [0.1, 0.15) is 51.7 Å². The minimum atomic E-state index is -1.02. The molecule has 9 nitrogen and oxygen atoms in total. The normalized spacial score (nSPS) is 11.9. The first-order valence-corrected chi connectivity index (χ1v) is 14.5. The molecule has 4 aromatic carbocycles. The molecule has 5 rings (SSSR count). The second kappa shape index (κ2) is 15.9. The molecule has 0 bridgehead atoms. The second-order valence-corrected chi connectivity index (χ2v) is 11.2. The van der Waals surface area contributed by atoms with Crippen molar-refractivity contribution in [2.75, 3.05) is 0 Å². The van der Waals surface area contributed by atoms with Crippen molar-refractivity contribution in [2.24, 2.45) is 17.4 Å². The number of aromatic nitrogens is 2.